The van der Waals surface area contributed by atoms with E-state index in [0.717, 1.165) is 0 Å². The van der Waals surface area contributed by atoms with Gasteiger partial charge in [-0.3, -0.25) is 9.78 Å². The summed E-state index contributed by atoms with van der Waals surface area (Å²) < 4.78 is 5.70. The minimum Gasteiger partial charge on any atom is -0.456 e. The van der Waals surface area contributed by atoms with E-state index in [4.69, 9.17) is 22.8 Å². The van der Waals surface area contributed by atoms with Gasteiger partial charge in [0, 0.05) is 35.1 Å². The lowest BCUT2D eigenvalue weighted by atomic mass is 10.1. The van der Waals surface area contributed by atoms with Gasteiger partial charge < -0.3 is 10.1 Å². The standard InChI is InChI=1S/C20H13ClN2O2/c1-2-14-5-3-6-15(9-14)20(24)23-17-7-4-8-18(11-17)25-19-10-16(21)12-22-13-19/h1,3-13H,(H,23,24). The summed E-state index contributed by atoms with van der Waals surface area (Å²) in [6, 6.07) is 15.6. The monoisotopic (exact) mass is 348 g/mol. The van der Waals surface area contributed by atoms with Crippen molar-refractivity contribution in [1.29, 1.82) is 0 Å². The van der Waals surface area contributed by atoms with Crippen LogP contribution in [0.15, 0.2) is 67.0 Å². The molecule has 1 amide bonds. The van der Waals surface area contributed by atoms with Gasteiger partial charge >= 0.3 is 0 Å². The van der Waals surface area contributed by atoms with Crippen LogP contribution in [0.5, 0.6) is 11.5 Å². The molecule has 1 heterocycles. The molecule has 1 aromatic heterocycles. The highest BCUT2D eigenvalue weighted by molar-refractivity contribution is 6.30. The second-order valence-electron chi connectivity index (χ2n) is 5.15. The fourth-order valence-electron chi connectivity index (χ4n) is 2.18. The van der Waals surface area contributed by atoms with E-state index in [2.05, 4.69) is 16.2 Å². The largest absolute Gasteiger partial charge is 0.456 e. The Morgan fingerprint density at radius 2 is 1.92 bits per heavy atom. The Morgan fingerprint density at radius 1 is 1.08 bits per heavy atom. The Balaban J connectivity index is 1.75. The molecule has 1 N–H and O–H groups in total. The van der Waals surface area contributed by atoms with Crippen molar-refractivity contribution >= 4 is 23.2 Å². The molecule has 0 unspecified atom stereocenters. The van der Waals surface area contributed by atoms with Crippen molar-refractivity contribution < 1.29 is 9.53 Å². The molecular formula is C20H13ClN2O2. The molecule has 0 spiro atoms. The summed E-state index contributed by atoms with van der Waals surface area (Å²) in [6.07, 6.45) is 8.44. The normalized spacial score (nSPS) is 9.92. The number of aromatic nitrogens is 1. The predicted molar refractivity (Wildman–Crippen MR) is 98.1 cm³/mol. The first-order chi connectivity index (χ1) is 12.1. The third kappa shape index (κ3) is 4.37. The third-order valence-corrected chi connectivity index (χ3v) is 3.51. The van der Waals surface area contributed by atoms with E-state index in [1.807, 2.05) is 0 Å². The van der Waals surface area contributed by atoms with Crippen molar-refractivity contribution in [3.8, 4) is 23.8 Å². The number of carbonyl (C=O) groups is 1. The van der Waals surface area contributed by atoms with Gasteiger partial charge in [0.05, 0.1) is 11.2 Å². The zero-order valence-electron chi connectivity index (χ0n) is 13.1. The maximum Gasteiger partial charge on any atom is 0.255 e. The minimum atomic E-state index is -0.251. The minimum absolute atomic E-state index is 0.251. The summed E-state index contributed by atoms with van der Waals surface area (Å²) in [5, 5.41) is 3.30. The van der Waals surface area contributed by atoms with Crippen molar-refractivity contribution in [2.24, 2.45) is 0 Å². The van der Waals surface area contributed by atoms with Gasteiger partial charge in [-0.1, -0.05) is 29.7 Å². The van der Waals surface area contributed by atoms with Crippen LogP contribution in [-0.2, 0) is 0 Å². The molecule has 0 bridgehead atoms. The van der Waals surface area contributed by atoms with E-state index >= 15 is 0 Å². The lowest BCUT2D eigenvalue weighted by molar-refractivity contribution is 0.102. The van der Waals surface area contributed by atoms with Gasteiger partial charge in [0.1, 0.15) is 11.5 Å². The fraction of sp³-hybridized carbons (Fsp3) is 0. The Bertz CT molecular complexity index is 964. The number of halogens is 1. The van der Waals surface area contributed by atoms with Gasteiger partial charge in [0.2, 0.25) is 0 Å². The molecule has 0 saturated heterocycles. The zero-order valence-corrected chi connectivity index (χ0v) is 13.8. The summed E-state index contributed by atoms with van der Waals surface area (Å²) in [5.74, 6) is 3.33. The first kappa shape index (κ1) is 16.6. The summed E-state index contributed by atoms with van der Waals surface area (Å²) in [6.45, 7) is 0. The van der Waals surface area contributed by atoms with Crippen molar-refractivity contribution in [2.45, 2.75) is 0 Å². The summed E-state index contributed by atoms with van der Waals surface area (Å²) in [4.78, 5) is 16.3. The van der Waals surface area contributed by atoms with Gasteiger partial charge in [-0.05, 0) is 30.3 Å². The van der Waals surface area contributed by atoms with Gasteiger partial charge in [0.15, 0.2) is 0 Å². The van der Waals surface area contributed by atoms with Crippen molar-refractivity contribution in [3.63, 3.8) is 0 Å². The maximum absolute atomic E-state index is 12.3. The Morgan fingerprint density at radius 3 is 2.72 bits per heavy atom. The second kappa shape index (κ2) is 7.52. The number of amides is 1. The van der Waals surface area contributed by atoms with E-state index in [9.17, 15) is 4.79 Å². The number of hydrogen-bond acceptors (Lipinski definition) is 3. The molecule has 3 aromatic rings. The Kier molecular flexibility index (Phi) is 4.98. The number of carbonyl (C=O) groups excluding carboxylic acids is 1. The molecule has 0 aliphatic carbocycles. The number of terminal acetylenes is 1. The zero-order chi connectivity index (χ0) is 17.6. The van der Waals surface area contributed by atoms with E-state index in [1.165, 1.54) is 6.20 Å². The van der Waals surface area contributed by atoms with Crippen LogP contribution in [0.4, 0.5) is 5.69 Å². The molecule has 0 saturated carbocycles. The molecule has 0 atom stereocenters. The van der Waals surface area contributed by atoms with Crippen LogP contribution in [0.25, 0.3) is 0 Å². The van der Waals surface area contributed by atoms with Crippen LogP contribution < -0.4 is 10.1 Å². The smallest absolute Gasteiger partial charge is 0.255 e. The van der Waals surface area contributed by atoms with E-state index < -0.39 is 0 Å². The topological polar surface area (TPSA) is 51.2 Å². The van der Waals surface area contributed by atoms with Gasteiger partial charge in [-0.25, -0.2) is 0 Å². The van der Waals surface area contributed by atoms with E-state index in [1.54, 1.807) is 60.8 Å². The van der Waals surface area contributed by atoms with Crippen LogP contribution in [0, 0.1) is 12.3 Å². The first-order valence-electron chi connectivity index (χ1n) is 7.40. The SMILES string of the molecule is C#Cc1cccc(C(=O)Nc2cccc(Oc3cncc(Cl)c3)c2)c1. The van der Waals surface area contributed by atoms with Gasteiger partial charge in [-0.2, -0.15) is 0 Å². The van der Waals surface area contributed by atoms with Crippen LogP contribution in [0.3, 0.4) is 0 Å². The molecule has 0 aliphatic rings. The molecule has 5 heteroatoms. The first-order valence-corrected chi connectivity index (χ1v) is 7.78. The molecule has 2 aromatic carbocycles. The average molecular weight is 349 g/mol. The number of ether oxygens (including phenoxy) is 1. The predicted octanol–water partition coefficient (Wildman–Crippen LogP) is 4.76. The van der Waals surface area contributed by atoms with Crippen LogP contribution >= 0.6 is 11.6 Å². The quantitative estimate of drug-likeness (QED) is 0.691. The second-order valence-corrected chi connectivity index (χ2v) is 5.58. The van der Waals surface area contributed by atoms with Gasteiger partial charge in [0.25, 0.3) is 5.91 Å². The molecule has 3 rings (SSSR count). The molecule has 4 nitrogen and oxygen atoms in total. The van der Waals surface area contributed by atoms with Crippen LogP contribution in [0.2, 0.25) is 5.02 Å². The number of nitrogens with one attached hydrogen (secondary N) is 1. The summed E-state index contributed by atoms with van der Waals surface area (Å²) in [7, 11) is 0. The molecule has 0 aliphatic heterocycles. The molecule has 122 valence electrons. The molecule has 0 radical (unpaired) electrons. The molecular weight excluding hydrogens is 336 g/mol. The van der Waals surface area contributed by atoms with E-state index in [-0.39, 0.29) is 5.91 Å². The molecule has 0 fully saturated rings. The fourth-order valence-corrected chi connectivity index (χ4v) is 2.34. The Hall–Kier alpha value is -3.29. The number of nitrogens with zero attached hydrogens (tertiary/aromatic N) is 1. The number of rotatable bonds is 4. The summed E-state index contributed by atoms with van der Waals surface area (Å²) in [5.41, 5.74) is 1.74. The van der Waals surface area contributed by atoms with Crippen LogP contribution in [-0.4, -0.2) is 10.9 Å². The third-order valence-electron chi connectivity index (χ3n) is 3.30. The average Bonchev–Trinajstić information content (AvgIpc) is 2.62. The van der Waals surface area contributed by atoms with Crippen molar-refractivity contribution in [2.75, 3.05) is 5.32 Å². The molecule has 25 heavy (non-hydrogen) atoms. The highest BCUT2D eigenvalue weighted by atomic mass is 35.5. The maximum atomic E-state index is 12.3. The van der Waals surface area contributed by atoms with Gasteiger partial charge in [-0.15, -0.1) is 6.42 Å². The summed E-state index contributed by atoms with van der Waals surface area (Å²) >= 11 is 5.89. The van der Waals surface area contributed by atoms with Crippen molar-refractivity contribution in [3.05, 3.63) is 83.1 Å². The van der Waals surface area contributed by atoms with E-state index in [0.29, 0.717) is 33.3 Å². The van der Waals surface area contributed by atoms with Crippen molar-refractivity contribution in [1.82, 2.24) is 4.98 Å². The highest BCUT2D eigenvalue weighted by Crippen LogP contribution is 2.25. The lowest BCUT2D eigenvalue weighted by Crippen LogP contribution is -2.11. The lowest BCUT2D eigenvalue weighted by Gasteiger charge is -2.09. The number of benzene rings is 2. The highest BCUT2D eigenvalue weighted by Gasteiger charge is 2.07. The number of pyridine rings is 1. The van der Waals surface area contributed by atoms with Crippen LogP contribution in [0.1, 0.15) is 15.9 Å². The Labute approximate surface area is 150 Å². The number of hydrogen-bond donors (Lipinski definition) is 1. The number of anilines is 1.